The number of thiazole rings is 1. The molecule has 3 rings (SSSR count). The topological polar surface area (TPSA) is 32.9 Å². The van der Waals surface area contributed by atoms with Crippen LogP contribution in [0.4, 0.5) is 5.69 Å². The molecule has 1 aromatic heterocycles. The molecule has 0 aliphatic carbocycles. The molecule has 2 aromatic carbocycles. The second-order valence-electron chi connectivity index (χ2n) is 7.03. The summed E-state index contributed by atoms with van der Waals surface area (Å²) < 4.78 is 1.94. The zero-order chi connectivity index (χ0) is 19.4. The maximum absolute atomic E-state index is 4.76. The van der Waals surface area contributed by atoms with Crippen LogP contribution < -0.4 is 9.70 Å². The Balaban J connectivity index is 2.01. The summed E-state index contributed by atoms with van der Waals surface area (Å²) in [4.78, 5) is 7.73. The minimum absolute atomic E-state index is 0.218. The molecule has 5 heteroatoms. The maximum Gasteiger partial charge on any atom is 0.206 e. The van der Waals surface area contributed by atoms with Crippen LogP contribution in [0.1, 0.15) is 25.0 Å². The van der Waals surface area contributed by atoms with E-state index in [1.54, 1.807) is 11.3 Å². The maximum atomic E-state index is 4.76. The van der Waals surface area contributed by atoms with Gasteiger partial charge in [-0.25, -0.2) is 4.68 Å². The van der Waals surface area contributed by atoms with Crippen LogP contribution in [0.2, 0.25) is 0 Å². The lowest BCUT2D eigenvalue weighted by atomic mass is 10.1. The van der Waals surface area contributed by atoms with Gasteiger partial charge < -0.3 is 4.90 Å². The third-order valence-electron chi connectivity index (χ3n) is 4.13. The Kier molecular flexibility index (Phi) is 5.91. The first kappa shape index (κ1) is 19.1. The van der Waals surface area contributed by atoms with E-state index in [1.807, 2.05) is 25.0 Å². The van der Waals surface area contributed by atoms with Crippen LogP contribution >= 0.6 is 11.3 Å². The Hall–Kier alpha value is -2.66. The van der Waals surface area contributed by atoms with Gasteiger partial charge in [0.1, 0.15) is 0 Å². The van der Waals surface area contributed by atoms with Crippen LogP contribution in [0.25, 0.3) is 11.3 Å². The molecule has 140 valence electrons. The van der Waals surface area contributed by atoms with Crippen molar-refractivity contribution in [2.24, 2.45) is 10.1 Å². The molecule has 0 saturated heterocycles. The fraction of sp³-hybridized carbons (Fsp3) is 0.273. The molecule has 0 amide bonds. The van der Waals surface area contributed by atoms with Crippen molar-refractivity contribution >= 4 is 23.2 Å². The Morgan fingerprint density at radius 2 is 1.67 bits per heavy atom. The largest absolute Gasteiger partial charge is 0.378 e. The number of aromatic nitrogens is 1. The number of hydrogen-bond acceptors (Lipinski definition) is 4. The molecule has 0 saturated carbocycles. The molecule has 0 bridgehead atoms. The highest BCUT2D eigenvalue weighted by Crippen LogP contribution is 2.21. The molecular formula is C22H26N4S. The van der Waals surface area contributed by atoms with Crippen molar-refractivity contribution in [1.82, 2.24) is 4.68 Å². The van der Waals surface area contributed by atoms with Crippen molar-refractivity contribution in [3.8, 4) is 11.3 Å². The van der Waals surface area contributed by atoms with E-state index < -0.39 is 0 Å². The van der Waals surface area contributed by atoms with Crippen LogP contribution in [0.15, 0.2) is 64.0 Å². The lowest BCUT2D eigenvalue weighted by Gasteiger charge is -2.11. The minimum Gasteiger partial charge on any atom is -0.378 e. The number of rotatable bonds is 5. The van der Waals surface area contributed by atoms with E-state index in [0.29, 0.717) is 0 Å². The van der Waals surface area contributed by atoms with Crippen molar-refractivity contribution in [3.05, 3.63) is 69.8 Å². The van der Waals surface area contributed by atoms with Crippen LogP contribution in [0, 0.1) is 6.92 Å². The molecule has 0 aliphatic heterocycles. The molecule has 4 nitrogen and oxygen atoms in total. The van der Waals surface area contributed by atoms with E-state index in [4.69, 9.17) is 10.1 Å². The van der Waals surface area contributed by atoms with E-state index in [-0.39, 0.29) is 6.04 Å². The first-order valence-corrected chi connectivity index (χ1v) is 9.95. The van der Waals surface area contributed by atoms with Gasteiger partial charge in [-0.1, -0.05) is 42.0 Å². The second-order valence-corrected chi connectivity index (χ2v) is 7.87. The van der Waals surface area contributed by atoms with Gasteiger partial charge in [-0.15, -0.1) is 11.3 Å². The molecule has 0 atom stereocenters. The fourth-order valence-corrected chi connectivity index (χ4v) is 3.60. The van der Waals surface area contributed by atoms with Gasteiger partial charge in [0.2, 0.25) is 4.80 Å². The molecule has 0 aliphatic rings. The summed E-state index contributed by atoms with van der Waals surface area (Å²) in [6, 6.07) is 17.1. The molecule has 0 fully saturated rings. The molecule has 0 radical (unpaired) electrons. The smallest absolute Gasteiger partial charge is 0.206 e. The van der Waals surface area contributed by atoms with Crippen LogP contribution in [0.3, 0.4) is 0 Å². The van der Waals surface area contributed by atoms with Gasteiger partial charge in [-0.3, -0.25) is 4.99 Å². The number of benzene rings is 2. The molecule has 0 spiro atoms. The summed E-state index contributed by atoms with van der Waals surface area (Å²) >= 11 is 1.62. The average Bonchev–Trinajstić information content (AvgIpc) is 3.02. The number of nitrogens with zero attached hydrogens (tertiary/aromatic N) is 4. The summed E-state index contributed by atoms with van der Waals surface area (Å²) in [6.07, 6.45) is 1.89. The first-order chi connectivity index (χ1) is 12.9. The van der Waals surface area contributed by atoms with E-state index in [0.717, 1.165) is 21.6 Å². The third kappa shape index (κ3) is 4.74. The molecule has 27 heavy (non-hydrogen) atoms. The van der Waals surface area contributed by atoms with Gasteiger partial charge in [0.15, 0.2) is 0 Å². The van der Waals surface area contributed by atoms with Crippen molar-refractivity contribution in [3.63, 3.8) is 0 Å². The van der Waals surface area contributed by atoms with E-state index in [9.17, 15) is 0 Å². The average molecular weight is 379 g/mol. The molecule has 0 unspecified atom stereocenters. The predicted octanol–water partition coefficient (Wildman–Crippen LogP) is 4.78. The molecule has 0 N–H and O–H groups in total. The lowest BCUT2D eigenvalue weighted by Crippen LogP contribution is -2.14. The van der Waals surface area contributed by atoms with Gasteiger partial charge in [0.25, 0.3) is 0 Å². The summed E-state index contributed by atoms with van der Waals surface area (Å²) in [5.74, 6) is 0. The van der Waals surface area contributed by atoms with Crippen molar-refractivity contribution < 1.29 is 0 Å². The lowest BCUT2D eigenvalue weighted by molar-refractivity contribution is 0.754. The van der Waals surface area contributed by atoms with E-state index in [2.05, 4.69) is 79.6 Å². The third-order valence-corrected chi connectivity index (χ3v) is 4.96. The highest BCUT2D eigenvalue weighted by Gasteiger charge is 2.07. The zero-order valence-corrected chi connectivity index (χ0v) is 17.4. The highest BCUT2D eigenvalue weighted by atomic mass is 32.1. The van der Waals surface area contributed by atoms with Gasteiger partial charge in [-0.05, 0) is 38.5 Å². The highest BCUT2D eigenvalue weighted by molar-refractivity contribution is 7.07. The van der Waals surface area contributed by atoms with E-state index in [1.165, 1.54) is 11.3 Å². The standard InChI is InChI=1S/C22H26N4S/c1-16(2)24-22-26(21(15-27-22)19-10-6-17(3)7-11-19)23-14-18-8-12-20(13-9-18)25(4)5/h6-16H,1-5H3. The van der Waals surface area contributed by atoms with Crippen molar-refractivity contribution in [2.75, 3.05) is 19.0 Å². The number of aryl methyl sites for hydroxylation is 1. The van der Waals surface area contributed by atoms with Gasteiger partial charge >= 0.3 is 0 Å². The predicted molar refractivity (Wildman–Crippen MR) is 117 cm³/mol. The van der Waals surface area contributed by atoms with Crippen molar-refractivity contribution in [2.45, 2.75) is 26.8 Å². The molecule has 1 heterocycles. The fourth-order valence-electron chi connectivity index (χ4n) is 2.63. The Morgan fingerprint density at radius 1 is 1.00 bits per heavy atom. The van der Waals surface area contributed by atoms with Crippen molar-refractivity contribution in [1.29, 1.82) is 0 Å². The quantitative estimate of drug-likeness (QED) is 0.588. The van der Waals surface area contributed by atoms with Crippen LogP contribution in [0.5, 0.6) is 0 Å². The van der Waals surface area contributed by atoms with Crippen LogP contribution in [-0.4, -0.2) is 31.0 Å². The molecular weight excluding hydrogens is 352 g/mol. The first-order valence-electron chi connectivity index (χ1n) is 9.07. The summed E-state index contributed by atoms with van der Waals surface area (Å²) in [5.41, 5.74) is 5.68. The number of hydrogen-bond donors (Lipinski definition) is 0. The summed E-state index contributed by atoms with van der Waals surface area (Å²) in [5, 5.41) is 6.88. The molecule has 3 aromatic rings. The van der Waals surface area contributed by atoms with E-state index >= 15 is 0 Å². The van der Waals surface area contributed by atoms with Gasteiger partial charge in [0.05, 0.1) is 11.9 Å². The van der Waals surface area contributed by atoms with Gasteiger partial charge in [-0.2, -0.15) is 5.10 Å². The Labute approximate surface area is 165 Å². The summed E-state index contributed by atoms with van der Waals surface area (Å²) in [7, 11) is 4.08. The second kappa shape index (κ2) is 8.35. The van der Waals surface area contributed by atoms with Crippen LogP contribution in [-0.2, 0) is 0 Å². The zero-order valence-electron chi connectivity index (χ0n) is 16.5. The SMILES string of the molecule is Cc1ccc(-c2csc(=NC(C)C)n2N=Cc2ccc(N(C)C)cc2)cc1. The number of anilines is 1. The monoisotopic (exact) mass is 378 g/mol. The normalized spacial score (nSPS) is 12.3. The minimum atomic E-state index is 0.218. The Bertz CT molecular complexity index is 974. The van der Waals surface area contributed by atoms with Gasteiger partial charge in [0, 0.05) is 36.8 Å². The Morgan fingerprint density at radius 3 is 2.26 bits per heavy atom. The summed E-state index contributed by atoms with van der Waals surface area (Å²) in [6.45, 7) is 6.26.